The number of phenols is 1. The molecule has 1 rings (SSSR count). The minimum absolute atomic E-state index is 0.160. The average Bonchev–Trinajstić information content (AvgIpc) is 2.29. The molecule has 2 atom stereocenters. The van der Waals surface area contributed by atoms with Gasteiger partial charge >= 0.3 is 0 Å². The third-order valence-electron chi connectivity index (χ3n) is 2.46. The maximum absolute atomic E-state index is 11.5. The van der Waals surface area contributed by atoms with Crippen LogP contribution in [0.5, 0.6) is 5.75 Å². The van der Waals surface area contributed by atoms with E-state index in [1.165, 1.54) is 12.1 Å². The SMILES string of the molecule is CC(O)C(N)CNC(=O)Cc1ccc(O)cc1. The van der Waals surface area contributed by atoms with Crippen molar-refractivity contribution in [3.8, 4) is 5.75 Å². The molecular weight excluding hydrogens is 220 g/mol. The van der Waals surface area contributed by atoms with Crippen LogP contribution in [0.2, 0.25) is 0 Å². The number of rotatable bonds is 5. The fourth-order valence-electron chi connectivity index (χ4n) is 1.26. The number of hydrogen-bond donors (Lipinski definition) is 4. The van der Waals surface area contributed by atoms with Crippen molar-refractivity contribution in [2.24, 2.45) is 5.73 Å². The van der Waals surface area contributed by atoms with Gasteiger partial charge in [0.05, 0.1) is 12.5 Å². The summed E-state index contributed by atoms with van der Waals surface area (Å²) in [6.07, 6.45) is -0.420. The summed E-state index contributed by atoms with van der Waals surface area (Å²) in [5.74, 6) is 0.0112. The molecule has 2 unspecified atom stereocenters. The Bertz CT molecular complexity index is 363. The predicted octanol–water partition coefficient (Wildman–Crippen LogP) is -0.241. The normalized spacial score (nSPS) is 14.1. The van der Waals surface area contributed by atoms with Gasteiger partial charge in [0, 0.05) is 12.6 Å². The zero-order valence-electron chi connectivity index (χ0n) is 9.76. The quantitative estimate of drug-likeness (QED) is 0.569. The van der Waals surface area contributed by atoms with Crippen LogP contribution in [0, 0.1) is 0 Å². The minimum atomic E-state index is -0.649. The summed E-state index contributed by atoms with van der Waals surface area (Å²) in [6, 6.07) is 5.97. The lowest BCUT2D eigenvalue weighted by molar-refractivity contribution is -0.120. The zero-order chi connectivity index (χ0) is 12.8. The Hall–Kier alpha value is -1.59. The van der Waals surface area contributed by atoms with E-state index in [2.05, 4.69) is 5.32 Å². The molecule has 0 saturated carbocycles. The second-order valence-corrected chi connectivity index (χ2v) is 4.05. The van der Waals surface area contributed by atoms with Gasteiger partial charge in [0.25, 0.3) is 0 Å². The van der Waals surface area contributed by atoms with E-state index in [4.69, 9.17) is 15.9 Å². The molecule has 0 spiro atoms. The fourth-order valence-corrected chi connectivity index (χ4v) is 1.26. The molecule has 1 aromatic carbocycles. The highest BCUT2D eigenvalue weighted by Crippen LogP contribution is 2.09. The van der Waals surface area contributed by atoms with E-state index < -0.39 is 12.1 Å². The van der Waals surface area contributed by atoms with Crippen LogP contribution in [-0.2, 0) is 11.2 Å². The van der Waals surface area contributed by atoms with Crippen LogP contribution in [0.3, 0.4) is 0 Å². The van der Waals surface area contributed by atoms with Crippen molar-refractivity contribution >= 4 is 5.91 Å². The summed E-state index contributed by atoms with van der Waals surface area (Å²) in [7, 11) is 0. The molecule has 0 aliphatic carbocycles. The van der Waals surface area contributed by atoms with E-state index >= 15 is 0 Å². The van der Waals surface area contributed by atoms with E-state index in [-0.39, 0.29) is 24.6 Å². The Morgan fingerprint density at radius 3 is 2.53 bits per heavy atom. The molecule has 0 bridgehead atoms. The Balaban J connectivity index is 2.37. The van der Waals surface area contributed by atoms with Gasteiger partial charge in [-0.15, -0.1) is 0 Å². The van der Waals surface area contributed by atoms with E-state index in [0.29, 0.717) is 0 Å². The van der Waals surface area contributed by atoms with Crippen LogP contribution < -0.4 is 11.1 Å². The summed E-state index contributed by atoms with van der Waals surface area (Å²) in [6.45, 7) is 1.82. The third-order valence-corrected chi connectivity index (χ3v) is 2.46. The van der Waals surface area contributed by atoms with Gasteiger partial charge in [-0.1, -0.05) is 12.1 Å². The molecule has 0 aliphatic rings. The lowest BCUT2D eigenvalue weighted by atomic mass is 10.1. The number of amides is 1. The molecule has 1 amide bonds. The molecular formula is C12H18N2O3. The molecule has 0 aromatic heterocycles. The number of benzene rings is 1. The topological polar surface area (TPSA) is 95.6 Å². The molecule has 0 saturated heterocycles. The number of carbonyl (C=O) groups excluding carboxylic acids is 1. The van der Waals surface area contributed by atoms with E-state index in [9.17, 15) is 4.79 Å². The van der Waals surface area contributed by atoms with Gasteiger partial charge in [0.1, 0.15) is 5.75 Å². The van der Waals surface area contributed by atoms with Gasteiger partial charge in [-0.3, -0.25) is 4.79 Å². The largest absolute Gasteiger partial charge is 0.508 e. The van der Waals surface area contributed by atoms with Gasteiger partial charge in [-0.25, -0.2) is 0 Å². The first-order chi connectivity index (χ1) is 7.99. The number of hydrogen-bond acceptors (Lipinski definition) is 4. The monoisotopic (exact) mass is 238 g/mol. The molecule has 0 fully saturated rings. The van der Waals surface area contributed by atoms with Gasteiger partial charge in [0.2, 0.25) is 5.91 Å². The molecule has 94 valence electrons. The predicted molar refractivity (Wildman–Crippen MR) is 64.5 cm³/mol. The molecule has 1 aromatic rings. The molecule has 5 N–H and O–H groups in total. The van der Waals surface area contributed by atoms with Crippen molar-refractivity contribution in [1.82, 2.24) is 5.32 Å². The van der Waals surface area contributed by atoms with Crippen molar-refractivity contribution in [2.75, 3.05) is 6.54 Å². The maximum atomic E-state index is 11.5. The van der Waals surface area contributed by atoms with Crippen molar-refractivity contribution in [3.63, 3.8) is 0 Å². The summed E-state index contributed by atoms with van der Waals surface area (Å²) in [5.41, 5.74) is 6.39. The van der Waals surface area contributed by atoms with Crippen LogP contribution in [0.25, 0.3) is 0 Å². The van der Waals surface area contributed by atoms with E-state index in [0.717, 1.165) is 5.56 Å². The number of nitrogens with one attached hydrogen (secondary N) is 1. The van der Waals surface area contributed by atoms with Crippen LogP contribution in [0.1, 0.15) is 12.5 Å². The summed E-state index contributed by atoms with van der Waals surface area (Å²) in [4.78, 5) is 11.5. The second-order valence-electron chi connectivity index (χ2n) is 4.05. The fraction of sp³-hybridized carbons (Fsp3) is 0.417. The van der Waals surface area contributed by atoms with Crippen LogP contribution >= 0.6 is 0 Å². The number of nitrogens with two attached hydrogens (primary N) is 1. The van der Waals surface area contributed by atoms with E-state index in [1.54, 1.807) is 19.1 Å². The number of aliphatic hydroxyl groups excluding tert-OH is 1. The summed E-state index contributed by atoms with van der Waals surface area (Å²) in [5, 5.41) is 20.9. The summed E-state index contributed by atoms with van der Waals surface area (Å²) >= 11 is 0. The minimum Gasteiger partial charge on any atom is -0.508 e. The molecule has 5 heteroatoms. The van der Waals surface area contributed by atoms with Gasteiger partial charge < -0.3 is 21.3 Å². The highest BCUT2D eigenvalue weighted by atomic mass is 16.3. The first-order valence-electron chi connectivity index (χ1n) is 5.47. The van der Waals surface area contributed by atoms with Crippen LogP contribution in [0.4, 0.5) is 0 Å². The van der Waals surface area contributed by atoms with Crippen LogP contribution in [-0.4, -0.2) is 34.8 Å². The van der Waals surface area contributed by atoms with Crippen molar-refractivity contribution < 1.29 is 15.0 Å². The Labute approximate surface area is 100 Å². The second kappa shape index (κ2) is 6.22. The first-order valence-corrected chi connectivity index (χ1v) is 5.47. The van der Waals surface area contributed by atoms with Gasteiger partial charge in [-0.2, -0.15) is 0 Å². The molecule has 0 heterocycles. The Kier molecular flexibility index (Phi) is 4.93. The first kappa shape index (κ1) is 13.5. The average molecular weight is 238 g/mol. The van der Waals surface area contributed by atoms with Crippen LogP contribution in [0.15, 0.2) is 24.3 Å². The maximum Gasteiger partial charge on any atom is 0.224 e. The Morgan fingerprint density at radius 1 is 1.41 bits per heavy atom. The van der Waals surface area contributed by atoms with Gasteiger partial charge in [0.15, 0.2) is 0 Å². The number of phenolic OH excluding ortho intramolecular Hbond substituents is 1. The number of aliphatic hydroxyl groups is 1. The van der Waals surface area contributed by atoms with Gasteiger partial charge in [-0.05, 0) is 24.6 Å². The van der Waals surface area contributed by atoms with E-state index in [1.807, 2.05) is 0 Å². The molecule has 0 aliphatic heterocycles. The molecule has 5 nitrogen and oxygen atoms in total. The highest BCUT2D eigenvalue weighted by molar-refractivity contribution is 5.78. The lowest BCUT2D eigenvalue weighted by Crippen LogP contribution is -2.44. The summed E-state index contributed by atoms with van der Waals surface area (Å²) < 4.78 is 0. The number of carbonyl (C=O) groups is 1. The van der Waals surface area contributed by atoms with Crippen molar-refractivity contribution in [2.45, 2.75) is 25.5 Å². The Morgan fingerprint density at radius 2 is 2.00 bits per heavy atom. The highest BCUT2D eigenvalue weighted by Gasteiger charge is 2.10. The zero-order valence-corrected chi connectivity index (χ0v) is 9.76. The molecule has 0 radical (unpaired) electrons. The van der Waals surface area contributed by atoms with Crippen molar-refractivity contribution in [3.05, 3.63) is 29.8 Å². The third kappa shape index (κ3) is 4.84. The molecule has 17 heavy (non-hydrogen) atoms. The lowest BCUT2D eigenvalue weighted by Gasteiger charge is -2.15. The smallest absolute Gasteiger partial charge is 0.224 e. The number of aromatic hydroxyl groups is 1. The van der Waals surface area contributed by atoms with Crippen molar-refractivity contribution in [1.29, 1.82) is 0 Å². The standard InChI is InChI=1S/C12H18N2O3/c1-8(15)11(13)7-14-12(17)6-9-2-4-10(16)5-3-9/h2-5,8,11,15-16H,6-7,13H2,1H3,(H,14,17).